The lowest BCUT2D eigenvalue weighted by Gasteiger charge is -2.04. The molecule has 3 rings (SSSR count). The number of halogens is 1. The summed E-state index contributed by atoms with van der Waals surface area (Å²) in [6.07, 6.45) is 3.39. The maximum absolute atomic E-state index is 14.0. The summed E-state index contributed by atoms with van der Waals surface area (Å²) in [6, 6.07) is 20.9. The minimum absolute atomic E-state index is 0.205. The first-order valence-electron chi connectivity index (χ1n) is 8.11. The zero-order chi connectivity index (χ0) is 17.6. The van der Waals surface area contributed by atoms with E-state index in [0.717, 1.165) is 22.3 Å². The Hall–Kier alpha value is -3.07. The largest absolute Gasteiger partial charge is 0.206 e. The van der Waals surface area contributed by atoms with Crippen molar-refractivity contribution in [3.63, 3.8) is 0 Å². The van der Waals surface area contributed by atoms with Crippen LogP contribution in [0.1, 0.15) is 22.3 Å². The molecule has 0 amide bonds. The highest BCUT2D eigenvalue weighted by atomic mass is 19.1. The summed E-state index contributed by atoms with van der Waals surface area (Å²) in [5, 5.41) is 8.12. The molecule has 0 heterocycles. The molecule has 0 aromatic heterocycles. The second-order valence-corrected chi connectivity index (χ2v) is 6.01. The molecular formula is C22H19FN2. The predicted molar refractivity (Wildman–Crippen MR) is 103 cm³/mol. The quantitative estimate of drug-likeness (QED) is 0.442. The van der Waals surface area contributed by atoms with Gasteiger partial charge in [-0.05, 0) is 42.2 Å². The smallest absolute Gasteiger partial charge is 0.131 e. The fraction of sp³-hybridized carbons (Fsp3) is 0.0909. The fourth-order valence-corrected chi connectivity index (χ4v) is 2.46. The van der Waals surface area contributed by atoms with Gasteiger partial charge in [-0.15, -0.1) is 0 Å². The first-order chi connectivity index (χ1) is 12.1. The number of hydrogen-bond acceptors (Lipinski definition) is 2. The molecule has 2 nitrogen and oxygen atoms in total. The maximum Gasteiger partial charge on any atom is 0.131 e. The summed E-state index contributed by atoms with van der Waals surface area (Å²) in [4.78, 5) is 0. The summed E-state index contributed by atoms with van der Waals surface area (Å²) in [5.74, 6) is -0.205. The van der Waals surface area contributed by atoms with Gasteiger partial charge in [-0.25, -0.2) is 4.39 Å². The van der Waals surface area contributed by atoms with Crippen LogP contribution in [0.25, 0.3) is 11.1 Å². The molecule has 0 fully saturated rings. The summed E-state index contributed by atoms with van der Waals surface area (Å²) in [5.41, 5.74) is 5.50. The van der Waals surface area contributed by atoms with Gasteiger partial charge in [0.15, 0.2) is 0 Å². The number of benzene rings is 3. The second kappa shape index (κ2) is 7.67. The van der Waals surface area contributed by atoms with Crippen LogP contribution >= 0.6 is 0 Å². The molecule has 0 saturated carbocycles. The van der Waals surface area contributed by atoms with E-state index >= 15 is 0 Å². The van der Waals surface area contributed by atoms with Crippen molar-refractivity contribution in [2.45, 2.75) is 13.8 Å². The monoisotopic (exact) mass is 330 g/mol. The molecule has 0 spiro atoms. The average Bonchev–Trinajstić information content (AvgIpc) is 2.61. The Morgan fingerprint density at radius 3 is 1.76 bits per heavy atom. The number of hydrogen-bond donors (Lipinski definition) is 0. The minimum atomic E-state index is -0.205. The molecule has 0 atom stereocenters. The molecule has 0 aliphatic rings. The van der Waals surface area contributed by atoms with Crippen LogP contribution in [0.3, 0.4) is 0 Å². The molecule has 124 valence electrons. The Balaban J connectivity index is 1.69. The lowest BCUT2D eigenvalue weighted by atomic mass is 10.0. The van der Waals surface area contributed by atoms with Gasteiger partial charge in [0.2, 0.25) is 0 Å². The molecule has 0 unspecified atom stereocenters. The van der Waals surface area contributed by atoms with Crippen LogP contribution in [0, 0.1) is 19.7 Å². The van der Waals surface area contributed by atoms with Crippen molar-refractivity contribution in [2.24, 2.45) is 10.2 Å². The van der Waals surface area contributed by atoms with Gasteiger partial charge in [-0.3, -0.25) is 0 Å². The van der Waals surface area contributed by atoms with Crippen molar-refractivity contribution in [1.29, 1.82) is 0 Å². The molecule has 3 aromatic carbocycles. The van der Waals surface area contributed by atoms with Crippen LogP contribution in [0.15, 0.2) is 76.9 Å². The first kappa shape index (κ1) is 16.8. The summed E-state index contributed by atoms with van der Waals surface area (Å²) >= 11 is 0. The third-order valence-corrected chi connectivity index (χ3v) is 3.90. The van der Waals surface area contributed by atoms with Gasteiger partial charge in [-0.1, -0.05) is 66.2 Å². The maximum atomic E-state index is 14.0. The van der Waals surface area contributed by atoms with E-state index in [1.54, 1.807) is 24.6 Å². The summed E-state index contributed by atoms with van der Waals surface area (Å²) in [7, 11) is 0. The van der Waals surface area contributed by atoms with Gasteiger partial charge >= 0.3 is 0 Å². The molecule has 0 saturated heterocycles. The molecule has 0 bridgehead atoms. The van der Waals surface area contributed by atoms with Crippen molar-refractivity contribution < 1.29 is 4.39 Å². The average molecular weight is 330 g/mol. The Morgan fingerprint density at radius 1 is 0.680 bits per heavy atom. The van der Waals surface area contributed by atoms with Crippen LogP contribution in [0.2, 0.25) is 0 Å². The normalized spacial score (nSPS) is 11.5. The Labute approximate surface area is 147 Å². The predicted octanol–water partition coefficient (Wildman–Crippen LogP) is 5.56. The molecule has 0 N–H and O–H groups in total. The van der Waals surface area contributed by atoms with Crippen molar-refractivity contribution >= 4 is 12.4 Å². The number of nitrogens with zero attached hydrogens (tertiary/aromatic N) is 2. The lowest BCUT2D eigenvalue weighted by molar-refractivity contribution is 0.630. The van der Waals surface area contributed by atoms with E-state index in [9.17, 15) is 4.39 Å². The zero-order valence-electron chi connectivity index (χ0n) is 14.3. The molecule has 3 heteroatoms. The second-order valence-electron chi connectivity index (χ2n) is 6.01. The summed E-state index contributed by atoms with van der Waals surface area (Å²) < 4.78 is 14.0. The van der Waals surface area contributed by atoms with Crippen molar-refractivity contribution in [3.05, 3.63) is 94.8 Å². The van der Waals surface area contributed by atoms with E-state index < -0.39 is 0 Å². The molecule has 0 aliphatic carbocycles. The van der Waals surface area contributed by atoms with Crippen LogP contribution in [-0.4, -0.2) is 12.4 Å². The number of rotatable bonds is 4. The van der Waals surface area contributed by atoms with Crippen molar-refractivity contribution in [3.8, 4) is 11.1 Å². The van der Waals surface area contributed by atoms with E-state index in [1.165, 1.54) is 5.56 Å². The summed E-state index contributed by atoms with van der Waals surface area (Å²) in [6.45, 7) is 3.93. The SMILES string of the molecule is Cc1ccc(C=NN=Cc2ccc(-c3ccc(C)cc3F)cc2)cc1. The van der Waals surface area contributed by atoms with Gasteiger partial charge in [0.25, 0.3) is 0 Å². The third kappa shape index (κ3) is 4.48. The van der Waals surface area contributed by atoms with E-state index in [4.69, 9.17) is 0 Å². The van der Waals surface area contributed by atoms with E-state index in [-0.39, 0.29) is 5.82 Å². The molecule has 25 heavy (non-hydrogen) atoms. The Kier molecular flexibility index (Phi) is 5.14. The fourth-order valence-electron chi connectivity index (χ4n) is 2.46. The van der Waals surface area contributed by atoms with Crippen LogP contribution in [-0.2, 0) is 0 Å². The lowest BCUT2D eigenvalue weighted by Crippen LogP contribution is -1.87. The van der Waals surface area contributed by atoms with Crippen LogP contribution in [0.4, 0.5) is 4.39 Å². The first-order valence-corrected chi connectivity index (χ1v) is 8.11. The molecule has 0 radical (unpaired) electrons. The van der Waals surface area contributed by atoms with E-state index in [1.807, 2.05) is 68.4 Å². The van der Waals surface area contributed by atoms with Gasteiger partial charge in [-0.2, -0.15) is 10.2 Å². The minimum Gasteiger partial charge on any atom is -0.206 e. The standard InChI is InChI=1S/C22H19FN2/c1-16-3-6-18(7-4-16)14-24-25-15-19-8-10-20(11-9-19)21-12-5-17(2)13-22(21)23/h3-15H,1-2H3. The van der Waals surface area contributed by atoms with Crippen molar-refractivity contribution in [2.75, 3.05) is 0 Å². The van der Waals surface area contributed by atoms with Crippen LogP contribution < -0.4 is 0 Å². The molecule has 3 aromatic rings. The van der Waals surface area contributed by atoms with E-state index in [0.29, 0.717) is 5.56 Å². The third-order valence-electron chi connectivity index (χ3n) is 3.90. The Morgan fingerprint density at radius 2 is 1.20 bits per heavy atom. The van der Waals surface area contributed by atoms with Crippen molar-refractivity contribution in [1.82, 2.24) is 0 Å². The number of aryl methyl sites for hydroxylation is 2. The van der Waals surface area contributed by atoms with Gasteiger partial charge in [0.05, 0.1) is 12.4 Å². The Bertz CT molecular complexity index is 908. The zero-order valence-corrected chi connectivity index (χ0v) is 14.3. The molecule has 0 aliphatic heterocycles. The van der Waals surface area contributed by atoms with Gasteiger partial charge in [0, 0.05) is 5.56 Å². The van der Waals surface area contributed by atoms with Gasteiger partial charge < -0.3 is 0 Å². The topological polar surface area (TPSA) is 24.7 Å². The highest BCUT2D eigenvalue weighted by Crippen LogP contribution is 2.23. The molecular weight excluding hydrogens is 311 g/mol. The van der Waals surface area contributed by atoms with E-state index in [2.05, 4.69) is 10.2 Å². The van der Waals surface area contributed by atoms with Crippen LogP contribution in [0.5, 0.6) is 0 Å². The van der Waals surface area contributed by atoms with Gasteiger partial charge in [0.1, 0.15) is 5.82 Å². The highest BCUT2D eigenvalue weighted by molar-refractivity contribution is 5.83. The highest BCUT2D eigenvalue weighted by Gasteiger charge is 2.04.